The summed E-state index contributed by atoms with van der Waals surface area (Å²) in [5.74, 6) is -0.124. The van der Waals surface area contributed by atoms with Crippen LogP contribution in [0.5, 0.6) is 0 Å². The molecule has 0 saturated carbocycles. The zero-order valence-corrected chi connectivity index (χ0v) is 15.4. The number of carbonyl (C=O) groups is 1. The molecule has 24 heavy (non-hydrogen) atoms. The van der Waals surface area contributed by atoms with Gasteiger partial charge in [-0.1, -0.05) is 29.8 Å². The highest BCUT2D eigenvalue weighted by molar-refractivity contribution is 7.98. The molecule has 1 saturated heterocycles. The summed E-state index contributed by atoms with van der Waals surface area (Å²) in [5, 5.41) is 3.45. The van der Waals surface area contributed by atoms with E-state index in [1.165, 1.54) is 4.90 Å². The summed E-state index contributed by atoms with van der Waals surface area (Å²) < 4.78 is 0. The second-order valence-electron chi connectivity index (χ2n) is 5.69. The zero-order chi connectivity index (χ0) is 17.3. The molecule has 0 aromatic heterocycles. The number of thiocarbonyl (C=S) groups is 1. The SMILES string of the molecule is CSc1ccc(/C=C2\NC(=S)N(c3ccc(C)cc3C)C2=O)cc1. The van der Waals surface area contributed by atoms with E-state index in [4.69, 9.17) is 12.2 Å². The summed E-state index contributed by atoms with van der Waals surface area (Å²) >= 11 is 7.06. The van der Waals surface area contributed by atoms with E-state index < -0.39 is 0 Å². The molecule has 1 aliphatic rings. The number of nitrogens with zero attached hydrogens (tertiary/aromatic N) is 1. The molecule has 0 unspecified atom stereocenters. The number of hydrogen-bond donors (Lipinski definition) is 1. The maximum Gasteiger partial charge on any atom is 0.281 e. The Kier molecular flexibility index (Phi) is 4.73. The Balaban J connectivity index is 1.92. The van der Waals surface area contributed by atoms with Crippen molar-refractivity contribution in [3.63, 3.8) is 0 Å². The van der Waals surface area contributed by atoms with Gasteiger partial charge in [0.15, 0.2) is 5.11 Å². The number of benzene rings is 2. The number of amides is 1. The smallest absolute Gasteiger partial charge is 0.281 e. The van der Waals surface area contributed by atoms with E-state index in [9.17, 15) is 4.79 Å². The van der Waals surface area contributed by atoms with Crippen molar-refractivity contribution in [2.45, 2.75) is 18.7 Å². The Labute approximate surface area is 151 Å². The Hall–Kier alpha value is -2.11. The van der Waals surface area contributed by atoms with Crippen LogP contribution >= 0.6 is 24.0 Å². The fraction of sp³-hybridized carbons (Fsp3) is 0.158. The average Bonchev–Trinajstić information content (AvgIpc) is 2.83. The average molecular weight is 355 g/mol. The second-order valence-corrected chi connectivity index (χ2v) is 6.96. The van der Waals surface area contributed by atoms with E-state index in [0.29, 0.717) is 10.8 Å². The first-order valence-electron chi connectivity index (χ1n) is 7.58. The predicted octanol–water partition coefficient (Wildman–Crippen LogP) is 4.29. The fourth-order valence-electron chi connectivity index (χ4n) is 2.68. The van der Waals surface area contributed by atoms with Gasteiger partial charge in [0.1, 0.15) is 5.70 Å². The number of thioether (sulfide) groups is 1. The maximum absolute atomic E-state index is 12.8. The number of hydrogen-bond acceptors (Lipinski definition) is 3. The Morgan fingerprint density at radius 3 is 2.46 bits per heavy atom. The van der Waals surface area contributed by atoms with Gasteiger partial charge in [-0.2, -0.15) is 0 Å². The van der Waals surface area contributed by atoms with Crippen LogP contribution in [0.15, 0.2) is 53.1 Å². The van der Waals surface area contributed by atoms with Crippen LogP contribution in [0.4, 0.5) is 5.69 Å². The summed E-state index contributed by atoms with van der Waals surface area (Å²) in [6, 6.07) is 14.0. The highest BCUT2D eigenvalue weighted by Gasteiger charge is 2.32. The molecule has 0 radical (unpaired) electrons. The summed E-state index contributed by atoms with van der Waals surface area (Å²) in [7, 11) is 0. The molecule has 1 aliphatic heterocycles. The molecule has 1 fully saturated rings. The van der Waals surface area contributed by atoms with Crippen molar-refractivity contribution in [2.75, 3.05) is 11.2 Å². The third kappa shape index (κ3) is 3.23. The van der Waals surface area contributed by atoms with Crippen molar-refractivity contribution in [3.05, 3.63) is 64.9 Å². The van der Waals surface area contributed by atoms with Gasteiger partial charge in [-0.05, 0) is 67.7 Å². The zero-order valence-electron chi connectivity index (χ0n) is 13.8. The van der Waals surface area contributed by atoms with Crippen molar-refractivity contribution in [1.29, 1.82) is 0 Å². The Morgan fingerprint density at radius 2 is 1.83 bits per heavy atom. The van der Waals surface area contributed by atoms with Crippen LogP contribution in [0.2, 0.25) is 0 Å². The van der Waals surface area contributed by atoms with Crippen molar-refractivity contribution in [1.82, 2.24) is 5.32 Å². The lowest BCUT2D eigenvalue weighted by Crippen LogP contribution is -2.30. The molecule has 0 bridgehead atoms. The van der Waals surface area contributed by atoms with Gasteiger partial charge in [-0.15, -0.1) is 11.8 Å². The molecular formula is C19H18N2OS2. The van der Waals surface area contributed by atoms with Crippen molar-refractivity contribution >= 4 is 46.8 Å². The van der Waals surface area contributed by atoms with Crippen LogP contribution in [-0.4, -0.2) is 17.3 Å². The van der Waals surface area contributed by atoms with Gasteiger partial charge >= 0.3 is 0 Å². The molecule has 1 heterocycles. The van der Waals surface area contributed by atoms with E-state index in [0.717, 1.165) is 22.4 Å². The van der Waals surface area contributed by atoms with E-state index in [-0.39, 0.29) is 5.91 Å². The van der Waals surface area contributed by atoms with E-state index in [1.54, 1.807) is 16.7 Å². The summed E-state index contributed by atoms with van der Waals surface area (Å²) in [6.45, 7) is 4.02. The molecule has 1 amide bonds. The van der Waals surface area contributed by atoms with Crippen LogP contribution in [0.1, 0.15) is 16.7 Å². The first-order valence-corrected chi connectivity index (χ1v) is 9.21. The Bertz CT molecular complexity index is 841. The molecule has 0 aliphatic carbocycles. The van der Waals surface area contributed by atoms with Crippen molar-refractivity contribution in [2.24, 2.45) is 0 Å². The number of rotatable bonds is 3. The number of anilines is 1. The minimum Gasteiger partial charge on any atom is -0.327 e. The maximum atomic E-state index is 12.8. The molecule has 5 heteroatoms. The topological polar surface area (TPSA) is 32.3 Å². The molecule has 2 aromatic carbocycles. The van der Waals surface area contributed by atoms with Gasteiger partial charge in [-0.3, -0.25) is 9.69 Å². The van der Waals surface area contributed by atoms with Crippen LogP contribution in [0.3, 0.4) is 0 Å². The van der Waals surface area contributed by atoms with Crippen LogP contribution < -0.4 is 10.2 Å². The van der Waals surface area contributed by atoms with Crippen LogP contribution in [0, 0.1) is 13.8 Å². The monoisotopic (exact) mass is 354 g/mol. The van der Waals surface area contributed by atoms with Gasteiger partial charge in [-0.25, -0.2) is 0 Å². The highest BCUT2D eigenvalue weighted by atomic mass is 32.2. The third-order valence-corrected chi connectivity index (χ3v) is 4.93. The van der Waals surface area contributed by atoms with Gasteiger partial charge in [0, 0.05) is 4.90 Å². The lowest BCUT2D eigenvalue weighted by Gasteiger charge is -2.17. The van der Waals surface area contributed by atoms with Gasteiger partial charge < -0.3 is 5.32 Å². The fourth-order valence-corrected chi connectivity index (χ4v) is 3.38. The Morgan fingerprint density at radius 1 is 1.12 bits per heavy atom. The number of nitrogens with one attached hydrogen (secondary N) is 1. The summed E-state index contributed by atoms with van der Waals surface area (Å²) in [5.41, 5.74) is 4.47. The predicted molar refractivity (Wildman–Crippen MR) is 105 cm³/mol. The quantitative estimate of drug-likeness (QED) is 0.506. The molecule has 1 N–H and O–H groups in total. The van der Waals surface area contributed by atoms with Gasteiger partial charge in [0.25, 0.3) is 5.91 Å². The van der Waals surface area contributed by atoms with Gasteiger partial charge in [0.05, 0.1) is 5.69 Å². The first kappa shape index (κ1) is 16.7. The molecule has 122 valence electrons. The highest BCUT2D eigenvalue weighted by Crippen LogP contribution is 2.26. The number of aryl methyl sites for hydroxylation is 2. The van der Waals surface area contributed by atoms with Crippen LogP contribution in [-0.2, 0) is 4.79 Å². The normalized spacial score (nSPS) is 16.0. The van der Waals surface area contributed by atoms with E-state index >= 15 is 0 Å². The lowest BCUT2D eigenvalue weighted by molar-refractivity contribution is -0.113. The minimum absolute atomic E-state index is 0.124. The third-order valence-electron chi connectivity index (χ3n) is 3.90. The van der Waals surface area contributed by atoms with Crippen molar-refractivity contribution in [3.8, 4) is 0 Å². The standard InChI is InChI=1S/C19H18N2OS2/c1-12-4-9-17(13(2)10-12)21-18(22)16(20-19(21)23)11-14-5-7-15(24-3)8-6-14/h4-11H,1-3H3,(H,20,23)/b16-11-. The number of carbonyl (C=O) groups excluding carboxylic acids is 1. The van der Waals surface area contributed by atoms with E-state index in [1.807, 2.05) is 68.6 Å². The largest absolute Gasteiger partial charge is 0.327 e. The van der Waals surface area contributed by atoms with Crippen molar-refractivity contribution < 1.29 is 4.79 Å². The first-order chi connectivity index (χ1) is 11.5. The minimum atomic E-state index is -0.124. The molecule has 0 atom stereocenters. The van der Waals surface area contributed by atoms with Crippen LogP contribution in [0.25, 0.3) is 6.08 Å². The molecule has 2 aromatic rings. The van der Waals surface area contributed by atoms with Gasteiger partial charge in [0.2, 0.25) is 0 Å². The molecular weight excluding hydrogens is 336 g/mol. The molecule has 3 nitrogen and oxygen atoms in total. The summed E-state index contributed by atoms with van der Waals surface area (Å²) in [6.07, 6.45) is 3.87. The molecule has 3 rings (SSSR count). The lowest BCUT2D eigenvalue weighted by atomic mass is 10.1. The second kappa shape index (κ2) is 6.79. The summed E-state index contributed by atoms with van der Waals surface area (Å²) in [4.78, 5) is 15.5. The molecule has 0 spiro atoms. The van der Waals surface area contributed by atoms with E-state index in [2.05, 4.69) is 5.32 Å².